The van der Waals surface area contributed by atoms with Gasteiger partial charge in [-0.1, -0.05) is 11.6 Å². The molecule has 5 nitrogen and oxygen atoms in total. The molecule has 0 atom stereocenters. The Hall–Kier alpha value is -2.79. The van der Waals surface area contributed by atoms with Crippen molar-refractivity contribution in [1.82, 2.24) is 15.0 Å². The number of thiazole rings is 1. The number of aromatic nitrogens is 3. The highest BCUT2D eigenvalue weighted by Gasteiger charge is 2.10. The summed E-state index contributed by atoms with van der Waals surface area (Å²) in [5.74, 6) is 0.192. The Bertz CT molecular complexity index is 1230. The number of aromatic amines is 1. The van der Waals surface area contributed by atoms with Crippen LogP contribution >= 0.6 is 34.3 Å². The number of allylic oxidation sites excluding steroid dienone is 1. The van der Waals surface area contributed by atoms with Crippen LogP contribution in [0.15, 0.2) is 45.2 Å². The lowest BCUT2D eigenvalue weighted by atomic mass is 10.2. The van der Waals surface area contributed by atoms with Gasteiger partial charge in [-0.2, -0.15) is 16.6 Å². The highest BCUT2D eigenvalue weighted by Crippen LogP contribution is 2.27. The number of nitrogens with zero attached hydrogens (tertiary/aromatic N) is 3. The predicted octanol–water partition coefficient (Wildman–Crippen LogP) is 4.83. The number of benzene rings is 1. The fourth-order valence-electron chi connectivity index (χ4n) is 2.41. The molecule has 126 valence electrons. The number of thiophene rings is 1. The summed E-state index contributed by atoms with van der Waals surface area (Å²) < 4.78 is 0. The second-order valence-corrected chi connectivity index (χ2v) is 7.41. The maximum atomic E-state index is 12.3. The van der Waals surface area contributed by atoms with Gasteiger partial charge >= 0.3 is 0 Å². The number of nitrogens with one attached hydrogen (secondary N) is 1. The lowest BCUT2D eigenvalue weighted by Crippen LogP contribution is -2.11. The second-order valence-electron chi connectivity index (χ2n) is 5.34. The van der Waals surface area contributed by atoms with Crippen LogP contribution in [0.5, 0.6) is 0 Å². The lowest BCUT2D eigenvalue weighted by molar-refractivity contribution is 1.13. The van der Waals surface area contributed by atoms with Gasteiger partial charge in [-0.3, -0.25) is 4.79 Å². The van der Waals surface area contributed by atoms with E-state index in [4.69, 9.17) is 11.6 Å². The molecular weight excluding hydrogens is 388 g/mol. The van der Waals surface area contributed by atoms with Crippen LogP contribution in [0.4, 0.5) is 0 Å². The number of hydrogen-bond donors (Lipinski definition) is 1. The van der Waals surface area contributed by atoms with Crippen molar-refractivity contribution >= 4 is 56.8 Å². The molecule has 26 heavy (non-hydrogen) atoms. The summed E-state index contributed by atoms with van der Waals surface area (Å²) in [6.45, 7) is 0. The molecule has 0 amide bonds. The zero-order valence-electron chi connectivity index (χ0n) is 13.1. The normalized spacial score (nSPS) is 11.6. The van der Waals surface area contributed by atoms with Gasteiger partial charge in [0.15, 0.2) is 5.82 Å². The molecule has 1 aromatic carbocycles. The van der Waals surface area contributed by atoms with E-state index in [2.05, 4.69) is 21.0 Å². The minimum absolute atomic E-state index is 0.192. The van der Waals surface area contributed by atoms with E-state index in [-0.39, 0.29) is 17.0 Å². The average molecular weight is 397 g/mol. The summed E-state index contributed by atoms with van der Waals surface area (Å²) in [4.78, 5) is 23.8. The Morgan fingerprint density at radius 2 is 2.15 bits per heavy atom. The van der Waals surface area contributed by atoms with Gasteiger partial charge in [0, 0.05) is 21.3 Å². The fraction of sp³-hybridized carbons (Fsp3) is 0. The maximum Gasteiger partial charge on any atom is 0.259 e. The van der Waals surface area contributed by atoms with Gasteiger partial charge in [0.1, 0.15) is 11.1 Å². The van der Waals surface area contributed by atoms with E-state index < -0.39 is 0 Å². The highest BCUT2D eigenvalue weighted by molar-refractivity contribution is 7.14. The van der Waals surface area contributed by atoms with Gasteiger partial charge in [-0.15, -0.1) is 11.3 Å². The molecule has 0 radical (unpaired) electrons. The highest BCUT2D eigenvalue weighted by atomic mass is 35.5. The van der Waals surface area contributed by atoms with Gasteiger partial charge in [-0.25, -0.2) is 9.97 Å². The van der Waals surface area contributed by atoms with Gasteiger partial charge in [0.2, 0.25) is 0 Å². The lowest BCUT2D eigenvalue weighted by Gasteiger charge is -2.02. The fourth-order valence-corrected chi connectivity index (χ4v) is 4.07. The zero-order chi connectivity index (χ0) is 18.1. The van der Waals surface area contributed by atoms with Crippen LogP contribution in [0.1, 0.15) is 11.5 Å². The molecule has 0 unspecified atom stereocenters. The third kappa shape index (κ3) is 3.18. The van der Waals surface area contributed by atoms with Crippen molar-refractivity contribution in [3.8, 4) is 16.6 Å². The van der Waals surface area contributed by atoms with Crippen molar-refractivity contribution in [3.63, 3.8) is 0 Å². The van der Waals surface area contributed by atoms with Gasteiger partial charge in [-0.05, 0) is 35.7 Å². The number of rotatable bonds is 3. The Kier molecular flexibility index (Phi) is 4.39. The quantitative estimate of drug-likeness (QED) is 0.503. The van der Waals surface area contributed by atoms with Crippen LogP contribution < -0.4 is 5.56 Å². The first kappa shape index (κ1) is 16.7. The van der Waals surface area contributed by atoms with E-state index in [1.807, 2.05) is 22.2 Å². The van der Waals surface area contributed by atoms with Gasteiger partial charge in [0.25, 0.3) is 5.56 Å². The van der Waals surface area contributed by atoms with Crippen molar-refractivity contribution in [2.24, 2.45) is 0 Å². The first-order valence-corrected chi connectivity index (χ1v) is 9.64. The van der Waals surface area contributed by atoms with E-state index in [1.165, 1.54) is 11.3 Å². The molecule has 0 aliphatic carbocycles. The van der Waals surface area contributed by atoms with Crippen LogP contribution in [0.25, 0.3) is 33.1 Å². The Balaban J connectivity index is 1.78. The summed E-state index contributed by atoms with van der Waals surface area (Å²) in [6, 6.07) is 8.91. The molecule has 0 saturated heterocycles. The minimum atomic E-state index is -0.319. The molecule has 3 aromatic heterocycles. The summed E-state index contributed by atoms with van der Waals surface area (Å²) >= 11 is 9.07. The third-order valence-corrected chi connectivity index (χ3v) is 5.45. The Labute approximate surface area is 160 Å². The molecule has 4 rings (SSSR count). The molecule has 0 aliphatic rings. The monoisotopic (exact) mass is 396 g/mol. The van der Waals surface area contributed by atoms with E-state index in [9.17, 15) is 10.1 Å². The third-order valence-electron chi connectivity index (χ3n) is 3.63. The summed E-state index contributed by atoms with van der Waals surface area (Å²) in [6.07, 6.45) is 1.61. The van der Waals surface area contributed by atoms with E-state index in [0.29, 0.717) is 21.6 Å². The van der Waals surface area contributed by atoms with Crippen molar-refractivity contribution in [3.05, 3.63) is 67.3 Å². The molecular formula is C18H9ClN4OS2. The topological polar surface area (TPSA) is 82.4 Å². The maximum absolute atomic E-state index is 12.3. The average Bonchev–Trinajstić information content (AvgIpc) is 3.30. The number of H-pyrrole nitrogens is 1. The van der Waals surface area contributed by atoms with Crippen LogP contribution in [-0.4, -0.2) is 15.0 Å². The SMILES string of the molecule is N#C/C(=C\c1csc(-c2ccsc2)n1)c1nc2cc(Cl)ccc2c(=O)[nH]1. The summed E-state index contributed by atoms with van der Waals surface area (Å²) in [5.41, 5.74) is 2.03. The van der Waals surface area contributed by atoms with Crippen molar-refractivity contribution < 1.29 is 0 Å². The first-order valence-electron chi connectivity index (χ1n) is 7.44. The van der Waals surface area contributed by atoms with E-state index in [0.717, 1.165) is 10.6 Å². The molecule has 4 aromatic rings. The number of halogens is 1. The predicted molar refractivity (Wildman–Crippen MR) is 106 cm³/mol. The van der Waals surface area contributed by atoms with Crippen LogP contribution in [0, 0.1) is 11.3 Å². The zero-order valence-corrected chi connectivity index (χ0v) is 15.5. The first-order chi connectivity index (χ1) is 12.6. The van der Waals surface area contributed by atoms with Crippen LogP contribution in [0.3, 0.4) is 0 Å². The van der Waals surface area contributed by atoms with Gasteiger partial charge < -0.3 is 4.98 Å². The van der Waals surface area contributed by atoms with E-state index in [1.54, 1.807) is 35.6 Å². The molecule has 0 spiro atoms. The standard InChI is InChI=1S/C18H9ClN4OS2/c19-12-1-2-14-15(6-12)22-16(23-17(14)24)11(7-20)5-13-9-26-18(21-13)10-3-4-25-8-10/h1-6,8-9H,(H,22,23,24)/b11-5+. The van der Waals surface area contributed by atoms with Gasteiger partial charge in [0.05, 0.1) is 22.2 Å². The van der Waals surface area contributed by atoms with Crippen molar-refractivity contribution in [2.75, 3.05) is 0 Å². The number of nitriles is 1. The number of fused-ring (bicyclic) bond motifs is 1. The molecule has 0 aliphatic heterocycles. The molecule has 1 N–H and O–H groups in total. The van der Waals surface area contributed by atoms with Crippen molar-refractivity contribution in [2.45, 2.75) is 0 Å². The molecule has 0 saturated carbocycles. The molecule has 0 bridgehead atoms. The second kappa shape index (κ2) is 6.84. The molecule has 3 heterocycles. The van der Waals surface area contributed by atoms with E-state index >= 15 is 0 Å². The van der Waals surface area contributed by atoms with Crippen LogP contribution in [0.2, 0.25) is 5.02 Å². The Morgan fingerprint density at radius 1 is 1.27 bits per heavy atom. The largest absolute Gasteiger partial charge is 0.305 e. The van der Waals surface area contributed by atoms with Crippen LogP contribution in [-0.2, 0) is 0 Å². The number of hydrogen-bond acceptors (Lipinski definition) is 6. The molecule has 8 heteroatoms. The van der Waals surface area contributed by atoms with Crippen molar-refractivity contribution in [1.29, 1.82) is 5.26 Å². The Morgan fingerprint density at radius 3 is 2.92 bits per heavy atom. The minimum Gasteiger partial charge on any atom is -0.305 e. The summed E-state index contributed by atoms with van der Waals surface area (Å²) in [5, 5.41) is 17.2. The molecule has 0 fully saturated rings. The smallest absolute Gasteiger partial charge is 0.259 e. The summed E-state index contributed by atoms with van der Waals surface area (Å²) in [7, 11) is 0.